The highest BCUT2D eigenvalue weighted by molar-refractivity contribution is 5.94. The number of nitrogens with one attached hydrogen (secondary N) is 1. The summed E-state index contributed by atoms with van der Waals surface area (Å²) in [4.78, 5) is 15.2. The highest BCUT2D eigenvalue weighted by Crippen LogP contribution is 2.32. The molecule has 1 fully saturated rings. The number of carbonyl (C=O) groups excluding carboxylic acids is 1. The lowest BCUT2D eigenvalue weighted by molar-refractivity contribution is 0.0931. The maximum Gasteiger partial charge on any atom is 0.254 e. The number of pyridine rings is 1. The van der Waals surface area contributed by atoms with E-state index >= 15 is 0 Å². The lowest BCUT2D eigenvalue weighted by Crippen LogP contribution is -2.34. The van der Waals surface area contributed by atoms with Gasteiger partial charge in [0.25, 0.3) is 5.91 Å². The maximum atomic E-state index is 13.2. The number of hydrogen-bond donors (Lipinski definition) is 1. The van der Waals surface area contributed by atoms with Crippen molar-refractivity contribution < 1.29 is 9.18 Å². The Hall–Kier alpha value is -1.45. The first-order valence-electron chi connectivity index (χ1n) is 5.09. The average molecular weight is 208 g/mol. The molecule has 1 aromatic rings. The Bertz CT molecular complexity index is 377. The Labute approximate surface area is 87.7 Å². The summed E-state index contributed by atoms with van der Waals surface area (Å²) < 4.78 is 13.2. The van der Waals surface area contributed by atoms with Gasteiger partial charge in [0.2, 0.25) is 0 Å². The first-order chi connectivity index (χ1) is 7.18. The molecular formula is C11H13FN2O. The molecule has 4 heteroatoms. The second-order valence-electron chi connectivity index (χ2n) is 3.96. The molecule has 1 atom stereocenters. The van der Waals surface area contributed by atoms with Gasteiger partial charge in [-0.3, -0.25) is 9.78 Å². The number of amides is 1. The van der Waals surface area contributed by atoms with Gasteiger partial charge in [-0.15, -0.1) is 0 Å². The Morgan fingerprint density at radius 2 is 2.40 bits per heavy atom. The second-order valence-corrected chi connectivity index (χ2v) is 3.96. The Morgan fingerprint density at radius 3 is 3.00 bits per heavy atom. The number of halogens is 1. The van der Waals surface area contributed by atoms with E-state index in [-0.39, 0.29) is 17.5 Å². The van der Waals surface area contributed by atoms with E-state index in [2.05, 4.69) is 10.3 Å². The zero-order valence-corrected chi connectivity index (χ0v) is 8.53. The van der Waals surface area contributed by atoms with Crippen LogP contribution in [0.5, 0.6) is 0 Å². The van der Waals surface area contributed by atoms with E-state index in [1.165, 1.54) is 12.3 Å². The summed E-state index contributed by atoms with van der Waals surface area (Å²) in [5, 5.41) is 2.79. The van der Waals surface area contributed by atoms with Crippen LogP contribution >= 0.6 is 0 Å². The minimum atomic E-state index is -0.571. The molecule has 2 rings (SSSR count). The Balaban J connectivity index is 2.04. The largest absolute Gasteiger partial charge is 0.349 e. The van der Waals surface area contributed by atoms with Gasteiger partial charge in [-0.25, -0.2) is 4.39 Å². The van der Waals surface area contributed by atoms with Crippen LogP contribution in [0.3, 0.4) is 0 Å². The molecule has 15 heavy (non-hydrogen) atoms. The molecule has 0 aliphatic heterocycles. The van der Waals surface area contributed by atoms with E-state index in [4.69, 9.17) is 0 Å². The van der Waals surface area contributed by atoms with Crippen molar-refractivity contribution in [2.24, 2.45) is 5.92 Å². The fourth-order valence-corrected chi connectivity index (χ4v) is 1.56. The summed E-state index contributed by atoms with van der Waals surface area (Å²) in [5.41, 5.74) is 0.0671. The van der Waals surface area contributed by atoms with Crippen molar-refractivity contribution in [3.63, 3.8) is 0 Å². The molecule has 3 nitrogen and oxygen atoms in total. The predicted molar refractivity (Wildman–Crippen MR) is 53.8 cm³/mol. The van der Waals surface area contributed by atoms with Crippen LogP contribution in [-0.2, 0) is 0 Å². The molecule has 0 radical (unpaired) electrons. The van der Waals surface area contributed by atoms with Gasteiger partial charge in [0, 0.05) is 12.2 Å². The molecule has 1 aliphatic carbocycles. The van der Waals surface area contributed by atoms with Gasteiger partial charge < -0.3 is 5.32 Å². The van der Waals surface area contributed by atoms with Crippen LogP contribution < -0.4 is 5.32 Å². The molecule has 0 saturated heterocycles. The molecule has 1 aliphatic rings. The third-order valence-corrected chi connectivity index (χ3v) is 2.70. The lowest BCUT2D eigenvalue weighted by Gasteiger charge is -2.12. The van der Waals surface area contributed by atoms with Crippen LogP contribution in [0.4, 0.5) is 4.39 Å². The number of nitrogens with zero attached hydrogens (tertiary/aromatic N) is 1. The number of carbonyl (C=O) groups is 1. The molecule has 1 saturated carbocycles. The van der Waals surface area contributed by atoms with E-state index in [0.29, 0.717) is 5.92 Å². The van der Waals surface area contributed by atoms with Gasteiger partial charge in [0.1, 0.15) is 0 Å². The van der Waals surface area contributed by atoms with Crippen LogP contribution in [0.1, 0.15) is 30.1 Å². The number of rotatable bonds is 3. The molecule has 0 bridgehead atoms. The zero-order valence-electron chi connectivity index (χ0n) is 8.53. The Kier molecular flexibility index (Phi) is 2.66. The second kappa shape index (κ2) is 3.96. The van der Waals surface area contributed by atoms with E-state index in [0.717, 1.165) is 19.0 Å². The monoisotopic (exact) mass is 208 g/mol. The van der Waals surface area contributed by atoms with Gasteiger partial charge in [-0.05, 0) is 31.7 Å². The molecule has 0 spiro atoms. The molecule has 1 unspecified atom stereocenters. The van der Waals surface area contributed by atoms with Gasteiger partial charge >= 0.3 is 0 Å². The fourth-order valence-electron chi connectivity index (χ4n) is 1.56. The van der Waals surface area contributed by atoms with Crippen molar-refractivity contribution in [2.45, 2.75) is 25.8 Å². The molecule has 1 heterocycles. The summed E-state index contributed by atoms with van der Waals surface area (Å²) in [6, 6.07) is 1.52. The van der Waals surface area contributed by atoms with E-state index in [1.54, 1.807) is 0 Å². The maximum absolute atomic E-state index is 13.2. The first-order valence-corrected chi connectivity index (χ1v) is 5.09. The van der Waals surface area contributed by atoms with Gasteiger partial charge in [-0.1, -0.05) is 0 Å². The third-order valence-electron chi connectivity index (χ3n) is 2.70. The van der Waals surface area contributed by atoms with E-state index in [1.807, 2.05) is 6.92 Å². The fraction of sp³-hybridized carbons (Fsp3) is 0.455. The van der Waals surface area contributed by atoms with Crippen LogP contribution in [-0.4, -0.2) is 16.9 Å². The quantitative estimate of drug-likeness (QED) is 0.822. The van der Waals surface area contributed by atoms with Gasteiger partial charge in [0.05, 0.1) is 11.8 Å². The summed E-state index contributed by atoms with van der Waals surface area (Å²) in [6.45, 7) is 1.95. The van der Waals surface area contributed by atoms with Crippen molar-refractivity contribution in [2.75, 3.05) is 0 Å². The average Bonchev–Trinajstić information content (AvgIpc) is 3.01. The van der Waals surface area contributed by atoms with Crippen molar-refractivity contribution in [1.82, 2.24) is 10.3 Å². The summed E-state index contributed by atoms with van der Waals surface area (Å²) in [5.74, 6) is -0.355. The van der Waals surface area contributed by atoms with Crippen LogP contribution in [0.25, 0.3) is 0 Å². The standard InChI is InChI=1S/C11H13FN2O/c1-7(8-2-3-8)14-11(15)9-4-5-13-6-10(9)12/h4-8H,2-3H2,1H3,(H,14,15). The molecule has 80 valence electrons. The first kappa shape index (κ1) is 10.1. The summed E-state index contributed by atoms with van der Waals surface area (Å²) >= 11 is 0. The van der Waals surface area contributed by atoms with Crippen molar-refractivity contribution in [3.8, 4) is 0 Å². The van der Waals surface area contributed by atoms with E-state index < -0.39 is 5.82 Å². The number of hydrogen-bond acceptors (Lipinski definition) is 2. The lowest BCUT2D eigenvalue weighted by atomic mass is 10.2. The van der Waals surface area contributed by atoms with Gasteiger partial charge in [-0.2, -0.15) is 0 Å². The topological polar surface area (TPSA) is 42.0 Å². The van der Waals surface area contributed by atoms with E-state index in [9.17, 15) is 9.18 Å². The minimum Gasteiger partial charge on any atom is -0.349 e. The van der Waals surface area contributed by atoms with Crippen molar-refractivity contribution >= 4 is 5.91 Å². The highest BCUT2D eigenvalue weighted by atomic mass is 19.1. The molecular weight excluding hydrogens is 195 g/mol. The van der Waals surface area contributed by atoms with Crippen molar-refractivity contribution in [1.29, 1.82) is 0 Å². The smallest absolute Gasteiger partial charge is 0.254 e. The minimum absolute atomic E-state index is 0.0671. The van der Waals surface area contributed by atoms with Crippen LogP contribution in [0.2, 0.25) is 0 Å². The zero-order chi connectivity index (χ0) is 10.8. The summed E-state index contributed by atoms with van der Waals surface area (Å²) in [7, 11) is 0. The molecule has 1 N–H and O–H groups in total. The summed E-state index contributed by atoms with van der Waals surface area (Å²) in [6.07, 6.45) is 4.77. The third kappa shape index (κ3) is 2.32. The van der Waals surface area contributed by atoms with Crippen LogP contribution in [0.15, 0.2) is 18.5 Å². The predicted octanol–water partition coefficient (Wildman–Crippen LogP) is 1.75. The molecule has 0 aromatic carbocycles. The highest BCUT2D eigenvalue weighted by Gasteiger charge is 2.29. The van der Waals surface area contributed by atoms with Crippen molar-refractivity contribution in [3.05, 3.63) is 29.8 Å². The SMILES string of the molecule is CC(NC(=O)c1ccncc1F)C1CC1. The Morgan fingerprint density at radius 1 is 1.67 bits per heavy atom. The number of aromatic nitrogens is 1. The molecule has 1 aromatic heterocycles. The molecule has 1 amide bonds. The normalized spacial score (nSPS) is 17.2. The van der Waals surface area contributed by atoms with Gasteiger partial charge in [0.15, 0.2) is 5.82 Å². The van der Waals surface area contributed by atoms with Crippen LogP contribution in [0, 0.1) is 11.7 Å².